The summed E-state index contributed by atoms with van der Waals surface area (Å²) in [5.41, 5.74) is -0.278. The zero-order valence-corrected chi connectivity index (χ0v) is 23.9. The number of carbonyl (C=O) groups excluding carboxylic acids is 3. The first-order chi connectivity index (χ1) is 19.3. The molecular weight excluding hydrogens is 555 g/mol. The molecule has 216 valence electrons. The molecule has 3 aromatic heterocycles. The van der Waals surface area contributed by atoms with Crippen LogP contribution in [0.2, 0.25) is 0 Å². The quantitative estimate of drug-likeness (QED) is 0.424. The van der Waals surface area contributed by atoms with E-state index in [1.165, 1.54) is 29.4 Å². The van der Waals surface area contributed by atoms with Gasteiger partial charge in [-0.1, -0.05) is 20.8 Å². The molecule has 0 aromatic carbocycles. The molecule has 6 rings (SSSR count). The minimum absolute atomic E-state index is 0.0497. The van der Waals surface area contributed by atoms with E-state index in [1.807, 2.05) is 20.8 Å². The first kappa shape index (κ1) is 27.8. The molecule has 41 heavy (non-hydrogen) atoms. The van der Waals surface area contributed by atoms with Gasteiger partial charge in [-0.05, 0) is 49.1 Å². The summed E-state index contributed by atoms with van der Waals surface area (Å²) in [4.78, 5) is 51.6. The van der Waals surface area contributed by atoms with Crippen LogP contribution in [0.1, 0.15) is 53.7 Å². The Kier molecular flexibility index (Phi) is 6.49. The van der Waals surface area contributed by atoms with Gasteiger partial charge in [-0.3, -0.25) is 24.3 Å². The second-order valence-electron chi connectivity index (χ2n) is 11.7. The third kappa shape index (κ3) is 4.51. The molecule has 3 aromatic rings. The van der Waals surface area contributed by atoms with Gasteiger partial charge in [0.1, 0.15) is 5.69 Å². The fourth-order valence-electron chi connectivity index (χ4n) is 6.41. The molecule has 0 radical (unpaired) electrons. The van der Waals surface area contributed by atoms with Crippen molar-refractivity contribution in [1.29, 1.82) is 0 Å². The molecule has 1 saturated carbocycles. The minimum atomic E-state index is -4.71. The number of thiophene rings is 1. The summed E-state index contributed by atoms with van der Waals surface area (Å²) in [7, 11) is 0. The van der Waals surface area contributed by atoms with Crippen LogP contribution in [0.25, 0.3) is 21.5 Å². The smallest absolute Gasteiger partial charge is 0.337 e. The summed E-state index contributed by atoms with van der Waals surface area (Å²) in [6.45, 7) is 9.08. The molecule has 3 amide bonds. The number of pyridine rings is 2. The predicted octanol–water partition coefficient (Wildman–Crippen LogP) is 4.65. The third-order valence-corrected chi connectivity index (χ3v) is 9.76. The number of nitrogens with zero attached hydrogens (tertiary/aromatic N) is 4. The molecule has 0 spiro atoms. The van der Waals surface area contributed by atoms with E-state index in [9.17, 15) is 27.6 Å². The van der Waals surface area contributed by atoms with E-state index in [-0.39, 0.29) is 64.4 Å². The van der Waals surface area contributed by atoms with Crippen LogP contribution in [-0.2, 0) is 22.3 Å². The molecule has 0 bridgehead atoms. The second-order valence-corrected chi connectivity index (χ2v) is 12.8. The first-order valence-electron chi connectivity index (χ1n) is 13.7. The Morgan fingerprint density at radius 1 is 1.20 bits per heavy atom. The van der Waals surface area contributed by atoms with E-state index in [1.54, 1.807) is 17.0 Å². The molecule has 1 N–H and O–H groups in total. The predicted molar refractivity (Wildman–Crippen MR) is 147 cm³/mol. The lowest BCUT2D eigenvalue weighted by molar-refractivity contribution is -0.144. The Bertz CT molecular complexity index is 1580. The summed E-state index contributed by atoms with van der Waals surface area (Å²) < 4.78 is 42.2. The van der Waals surface area contributed by atoms with Crippen LogP contribution in [0.4, 0.5) is 13.2 Å². The average molecular weight is 586 g/mol. The first-order valence-corrected chi connectivity index (χ1v) is 14.5. The monoisotopic (exact) mass is 585 g/mol. The van der Waals surface area contributed by atoms with E-state index in [2.05, 4.69) is 15.3 Å². The number of hydrogen-bond donors (Lipinski definition) is 1. The van der Waals surface area contributed by atoms with Crippen molar-refractivity contribution >= 4 is 39.3 Å². The van der Waals surface area contributed by atoms with Gasteiger partial charge in [0.25, 0.3) is 5.91 Å². The highest BCUT2D eigenvalue weighted by Gasteiger charge is 2.72. The van der Waals surface area contributed by atoms with Crippen LogP contribution in [0, 0.1) is 24.2 Å². The van der Waals surface area contributed by atoms with Crippen LogP contribution in [-0.4, -0.2) is 63.2 Å². The Balaban J connectivity index is 1.40. The number of alkyl halides is 3. The molecule has 2 saturated heterocycles. The molecule has 12 heteroatoms. The largest absolute Gasteiger partial charge is 0.433 e. The number of piperidine rings is 1. The lowest BCUT2D eigenvalue weighted by Gasteiger charge is -2.21. The number of rotatable bonds is 6. The van der Waals surface area contributed by atoms with Gasteiger partial charge in [0.15, 0.2) is 0 Å². The van der Waals surface area contributed by atoms with Crippen molar-refractivity contribution in [2.45, 2.75) is 52.9 Å². The Morgan fingerprint density at radius 2 is 1.90 bits per heavy atom. The molecule has 1 aliphatic carbocycles. The standard InChI is InChI=1S/C29H30F3N5O3S/c1-5-33-15-7-9-36(12-15)25(38)20-14(2)10-19(29(30,31)32)35-23(20)17-6-8-34-18-11-16(41-24(17)18)13-37-26(39)21-22(27(37)40)28(21,3)4/h6,8,10-11,15,21-22,33H,5,7,9,12-13H2,1-4H3. The van der Waals surface area contributed by atoms with Crippen molar-refractivity contribution in [3.63, 3.8) is 0 Å². The summed E-state index contributed by atoms with van der Waals surface area (Å²) in [5, 5.41) is 3.33. The van der Waals surface area contributed by atoms with Crippen LogP contribution >= 0.6 is 11.3 Å². The fraction of sp³-hybridized carbons (Fsp3) is 0.483. The Labute approximate surface area is 238 Å². The van der Waals surface area contributed by atoms with Gasteiger partial charge in [0, 0.05) is 35.8 Å². The lowest BCUT2D eigenvalue weighted by Crippen LogP contribution is -2.35. The van der Waals surface area contributed by atoms with E-state index >= 15 is 0 Å². The van der Waals surface area contributed by atoms with Crippen molar-refractivity contribution in [3.05, 3.63) is 46.1 Å². The van der Waals surface area contributed by atoms with Crippen molar-refractivity contribution < 1.29 is 27.6 Å². The van der Waals surface area contributed by atoms with Gasteiger partial charge in [-0.25, -0.2) is 4.98 Å². The summed E-state index contributed by atoms with van der Waals surface area (Å²) in [6, 6.07) is 4.35. The molecule has 3 aliphatic rings. The van der Waals surface area contributed by atoms with Gasteiger partial charge in [0.2, 0.25) is 11.8 Å². The number of aromatic nitrogens is 2. The maximum absolute atomic E-state index is 13.9. The number of likely N-dealkylation sites (tertiary alicyclic amines) is 2. The number of carbonyl (C=O) groups is 3. The van der Waals surface area contributed by atoms with Crippen molar-refractivity contribution in [2.24, 2.45) is 17.3 Å². The highest BCUT2D eigenvalue weighted by molar-refractivity contribution is 7.19. The number of fused-ring (bicyclic) bond motifs is 2. The highest BCUT2D eigenvalue weighted by Crippen LogP contribution is 2.63. The fourth-order valence-corrected chi connectivity index (χ4v) is 7.53. The van der Waals surface area contributed by atoms with Crippen LogP contribution in [0.15, 0.2) is 24.4 Å². The number of imide groups is 1. The molecule has 3 unspecified atom stereocenters. The average Bonchev–Trinajstić information content (AvgIpc) is 3.31. The summed E-state index contributed by atoms with van der Waals surface area (Å²) >= 11 is 1.24. The topological polar surface area (TPSA) is 95.5 Å². The number of halogens is 3. The summed E-state index contributed by atoms with van der Waals surface area (Å²) in [5.74, 6) is -1.36. The summed E-state index contributed by atoms with van der Waals surface area (Å²) in [6.07, 6.45) is -2.48. The molecule has 3 atom stereocenters. The van der Waals surface area contributed by atoms with Crippen molar-refractivity contribution in [2.75, 3.05) is 19.6 Å². The minimum Gasteiger partial charge on any atom is -0.337 e. The lowest BCUT2D eigenvalue weighted by atomic mass is 9.99. The normalized spacial score (nSPS) is 23.5. The zero-order valence-electron chi connectivity index (χ0n) is 23.1. The SMILES string of the molecule is CCNC1CCN(C(=O)c2c(C)cc(C(F)(F)F)nc2-c2ccnc3cc(CN4C(=O)C5C(C4=O)C5(C)C)sc23)C1. The van der Waals surface area contributed by atoms with Crippen LogP contribution in [0.3, 0.4) is 0 Å². The number of hydrogen-bond acceptors (Lipinski definition) is 7. The van der Waals surface area contributed by atoms with Crippen LogP contribution in [0.5, 0.6) is 0 Å². The Hall–Kier alpha value is -3.38. The number of nitrogens with one attached hydrogen (secondary N) is 1. The maximum atomic E-state index is 13.9. The Morgan fingerprint density at radius 3 is 2.56 bits per heavy atom. The number of aryl methyl sites for hydroxylation is 1. The van der Waals surface area contributed by atoms with Gasteiger partial charge >= 0.3 is 6.18 Å². The molecule has 3 fully saturated rings. The van der Waals surface area contributed by atoms with Gasteiger partial charge in [-0.15, -0.1) is 11.3 Å². The maximum Gasteiger partial charge on any atom is 0.433 e. The molecule has 8 nitrogen and oxygen atoms in total. The molecule has 5 heterocycles. The number of amides is 3. The van der Waals surface area contributed by atoms with Gasteiger partial charge < -0.3 is 10.2 Å². The second kappa shape index (κ2) is 9.59. The highest BCUT2D eigenvalue weighted by atomic mass is 32.1. The van der Waals surface area contributed by atoms with Gasteiger partial charge in [-0.2, -0.15) is 13.2 Å². The van der Waals surface area contributed by atoms with Crippen molar-refractivity contribution in [1.82, 2.24) is 25.1 Å². The van der Waals surface area contributed by atoms with E-state index in [0.29, 0.717) is 33.7 Å². The van der Waals surface area contributed by atoms with E-state index < -0.39 is 11.9 Å². The molecular formula is C29H30F3N5O3S. The van der Waals surface area contributed by atoms with Crippen LogP contribution < -0.4 is 5.32 Å². The molecule has 2 aliphatic heterocycles. The number of likely N-dealkylation sites (N-methyl/N-ethyl adjacent to an activating group) is 1. The van der Waals surface area contributed by atoms with E-state index in [0.717, 1.165) is 19.0 Å². The van der Waals surface area contributed by atoms with E-state index in [4.69, 9.17) is 0 Å². The van der Waals surface area contributed by atoms with Crippen molar-refractivity contribution in [3.8, 4) is 11.3 Å². The zero-order chi connectivity index (χ0) is 29.4. The third-order valence-electron chi connectivity index (χ3n) is 8.61. The van der Waals surface area contributed by atoms with Gasteiger partial charge in [0.05, 0.1) is 39.9 Å².